The van der Waals surface area contributed by atoms with Crippen molar-refractivity contribution in [2.45, 2.75) is 13.8 Å². The first-order chi connectivity index (χ1) is 8.62. The lowest BCUT2D eigenvalue weighted by molar-refractivity contribution is -0.119. The van der Waals surface area contributed by atoms with Gasteiger partial charge in [0.2, 0.25) is 11.9 Å². The molecule has 0 aliphatic carbocycles. The van der Waals surface area contributed by atoms with Crippen molar-refractivity contribution < 1.29 is 4.79 Å². The lowest BCUT2D eigenvalue weighted by Crippen LogP contribution is -2.37. The largest absolute Gasteiger partial charge is 0.355 e. The number of anilines is 2. The molecule has 0 unspecified atom stereocenters. The summed E-state index contributed by atoms with van der Waals surface area (Å²) >= 11 is 3.36. The Morgan fingerprint density at radius 3 is 2.83 bits per heavy atom. The van der Waals surface area contributed by atoms with E-state index in [-0.39, 0.29) is 12.5 Å². The zero-order chi connectivity index (χ0) is 13.5. The summed E-state index contributed by atoms with van der Waals surface area (Å²) in [6.07, 6.45) is 1.60. The third-order valence-electron chi connectivity index (χ3n) is 2.24. The fourth-order valence-electron chi connectivity index (χ4n) is 1.41. The van der Waals surface area contributed by atoms with Crippen LogP contribution in [0.2, 0.25) is 0 Å². The molecule has 0 bridgehead atoms. The van der Waals surface area contributed by atoms with Crippen molar-refractivity contribution in [3.05, 3.63) is 10.7 Å². The normalized spacial score (nSPS) is 10.0. The summed E-state index contributed by atoms with van der Waals surface area (Å²) in [6.45, 7) is 5.33. The van der Waals surface area contributed by atoms with E-state index < -0.39 is 0 Å². The van der Waals surface area contributed by atoms with Gasteiger partial charge in [-0.2, -0.15) is 4.98 Å². The Labute approximate surface area is 114 Å². The number of carbonyl (C=O) groups is 1. The summed E-state index contributed by atoms with van der Waals surface area (Å²) in [7, 11) is 0. The summed E-state index contributed by atoms with van der Waals surface area (Å²) < 4.78 is 0.715. The van der Waals surface area contributed by atoms with Crippen molar-refractivity contribution in [1.29, 1.82) is 0 Å². The van der Waals surface area contributed by atoms with E-state index in [1.165, 1.54) is 0 Å². The molecule has 1 aromatic rings. The number of nitrogen functional groups attached to an aromatic ring is 1. The number of likely N-dealkylation sites (N-methyl/N-ethyl adjacent to an activating group) is 2. The highest BCUT2D eigenvalue weighted by Crippen LogP contribution is 2.23. The summed E-state index contributed by atoms with van der Waals surface area (Å²) in [5.41, 5.74) is 2.38. The molecule has 0 aliphatic rings. The van der Waals surface area contributed by atoms with Gasteiger partial charge in [-0.1, -0.05) is 0 Å². The zero-order valence-corrected chi connectivity index (χ0v) is 12.0. The highest BCUT2D eigenvalue weighted by atomic mass is 79.9. The van der Waals surface area contributed by atoms with Crippen LogP contribution in [0, 0.1) is 0 Å². The number of hydrogen-bond acceptors (Lipinski definition) is 6. The highest BCUT2D eigenvalue weighted by Gasteiger charge is 2.14. The van der Waals surface area contributed by atoms with Crippen molar-refractivity contribution in [2.75, 3.05) is 30.0 Å². The van der Waals surface area contributed by atoms with E-state index in [1.807, 2.05) is 18.7 Å². The van der Waals surface area contributed by atoms with Gasteiger partial charge >= 0.3 is 0 Å². The Kier molecular flexibility index (Phi) is 5.79. The van der Waals surface area contributed by atoms with Crippen LogP contribution in [0.3, 0.4) is 0 Å². The minimum atomic E-state index is -0.0490. The quantitative estimate of drug-likeness (QED) is 0.522. The third kappa shape index (κ3) is 3.81. The average Bonchev–Trinajstić information content (AvgIpc) is 2.37. The monoisotopic (exact) mass is 316 g/mol. The van der Waals surface area contributed by atoms with Gasteiger partial charge in [0.15, 0.2) is 0 Å². The predicted molar refractivity (Wildman–Crippen MR) is 74.1 cm³/mol. The van der Waals surface area contributed by atoms with Crippen molar-refractivity contribution in [2.24, 2.45) is 5.84 Å². The van der Waals surface area contributed by atoms with E-state index in [9.17, 15) is 4.79 Å². The molecule has 0 spiro atoms. The number of rotatable bonds is 6. The SMILES string of the molecule is CCNC(=O)CN(CC)c1nc(NN)ncc1Br. The number of hydrazine groups is 1. The van der Waals surface area contributed by atoms with E-state index in [2.05, 4.69) is 36.6 Å². The lowest BCUT2D eigenvalue weighted by atomic mass is 10.4. The first-order valence-electron chi connectivity index (χ1n) is 5.63. The van der Waals surface area contributed by atoms with Crippen LogP contribution in [0.25, 0.3) is 0 Å². The minimum Gasteiger partial charge on any atom is -0.355 e. The number of halogens is 1. The van der Waals surface area contributed by atoms with Gasteiger partial charge in [-0.15, -0.1) is 0 Å². The number of nitrogens with two attached hydrogens (primary N) is 1. The molecule has 1 aromatic heterocycles. The van der Waals surface area contributed by atoms with Crippen molar-refractivity contribution in [3.8, 4) is 0 Å². The van der Waals surface area contributed by atoms with Gasteiger partial charge in [0.1, 0.15) is 5.82 Å². The molecular formula is C10H17BrN6O. The van der Waals surface area contributed by atoms with E-state index in [0.29, 0.717) is 29.3 Å². The number of amides is 1. The molecule has 18 heavy (non-hydrogen) atoms. The lowest BCUT2D eigenvalue weighted by Gasteiger charge is -2.22. The molecule has 7 nitrogen and oxygen atoms in total. The van der Waals surface area contributed by atoms with Crippen LogP contribution in [0.15, 0.2) is 10.7 Å². The second-order valence-electron chi connectivity index (χ2n) is 3.48. The van der Waals surface area contributed by atoms with Crippen LogP contribution in [0.1, 0.15) is 13.8 Å². The Bertz CT molecular complexity index is 413. The molecule has 100 valence electrons. The molecule has 0 radical (unpaired) electrons. The Balaban J connectivity index is 2.90. The summed E-state index contributed by atoms with van der Waals surface area (Å²) in [5.74, 6) is 6.16. The fraction of sp³-hybridized carbons (Fsp3) is 0.500. The smallest absolute Gasteiger partial charge is 0.239 e. The molecule has 0 saturated heterocycles. The topological polar surface area (TPSA) is 96.2 Å². The third-order valence-corrected chi connectivity index (χ3v) is 2.80. The van der Waals surface area contributed by atoms with Gasteiger partial charge in [0.25, 0.3) is 0 Å². The van der Waals surface area contributed by atoms with Crippen LogP contribution in [-0.2, 0) is 4.79 Å². The van der Waals surface area contributed by atoms with E-state index in [0.717, 1.165) is 0 Å². The maximum atomic E-state index is 11.6. The van der Waals surface area contributed by atoms with Crippen LogP contribution >= 0.6 is 15.9 Å². The van der Waals surface area contributed by atoms with Gasteiger partial charge in [0, 0.05) is 19.3 Å². The maximum absolute atomic E-state index is 11.6. The first kappa shape index (κ1) is 14.7. The molecule has 8 heteroatoms. The molecule has 0 aliphatic heterocycles. The van der Waals surface area contributed by atoms with Gasteiger partial charge in [-0.05, 0) is 29.8 Å². The van der Waals surface area contributed by atoms with Gasteiger partial charge < -0.3 is 10.2 Å². The predicted octanol–water partition coefficient (Wildman–Crippen LogP) is 0.487. The average molecular weight is 317 g/mol. The maximum Gasteiger partial charge on any atom is 0.239 e. The Hall–Kier alpha value is -1.41. The Morgan fingerprint density at radius 1 is 1.56 bits per heavy atom. The second kappa shape index (κ2) is 7.12. The number of carbonyl (C=O) groups excluding carboxylic acids is 1. The standard InChI is InChI=1S/C10H17BrN6O/c1-3-13-8(18)6-17(4-2)9-7(11)5-14-10(15-9)16-12/h5H,3-4,6,12H2,1-2H3,(H,13,18)(H,14,15,16). The fourth-order valence-corrected chi connectivity index (χ4v) is 1.85. The highest BCUT2D eigenvalue weighted by molar-refractivity contribution is 9.10. The van der Waals surface area contributed by atoms with E-state index >= 15 is 0 Å². The molecule has 0 atom stereocenters. The van der Waals surface area contributed by atoms with Crippen LogP contribution < -0.4 is 21.5 Å². The molecule has 1 heterocycles. The van der Waals surface area contributed by atoms with Crippen LogP contribution in [0.4, 0.5) is 11.8 Å². The van der Waals surface area contributed by atoms with Gasteiger partial charge in [-0.25, -0.2) is 10.8 Å². The second-order valence-corrected chi connectivity index (χ2v) is 4.33. The summed E-state index contributed by atoms with van der Waals surface area (Å²) in [4.78, 5) is 21.6. The van der Waals surface area contributed by atoms with E-state index in [1.54, 1.807) is 6.20 Å². The molecule has 0 saturated carbocycles. The molecular weight excluding hydrogens is 300 g/mol. The summed E-state index contributed by atoms with van der Waals surface area (Å²) in [6, 6.07) is 0. The van der Waals surface area contributed by atoms with Crippen molar-refractivity contribution in [1.82, 2.24) is 15.3 Å². The number of nitrogens with one attached hydrogen (secondary N) is 2. The van der Waals surface area contributed by atoms with Crippen LogP contribution in [-0.4, -0.2) is 35.5 Å². The number of aromatic nitrogens is 2. The van der Waals surface area contributed by atoms with Crippen molar-refractivity contribution >= 4 is 33.6 Å². The molecule has 4 N–H and O–H groups in total. The van der Waals surface area contributed by atoms with Gasteiger partial charge in [0.05, 0.1) is 11.0 Å². The minimum absolute atomic E-state index is 0.0490. The Morgan fingerprint density at radius 2 is 2.28 bits per heavy atom. The molecule has 0 aromatic carbocycles. The first-order valence-corrected chi connectivity index (χ1v) is 6.42. The van der Waals surface area contributed by atoms with Crippen LogP contribution in [0.5, 0.6) is 0 Å². The van der Waals surface area contributed by atoms with Gasteiger partial charge in [-0.3, -0.25) is 10.2 Å². The summed E-state index contributed by atoms with van der Waals surface area (Å²) in [5, 5.41) is 2.75. The number of hydrogen-bond donors (Lipinski definition) is 3. The van der Waals surface area contributed by atoms with E-state index in [4.69, 9.17) is 5.84 Å². The molecule has 1 amide bonds. The van der Waals surface area contributed by atoms with Crippen molar-refractivity contribution in [3.63, 3.8) is 0 Å². The zero-order valence-electron chi connectivity index (χ0n) is 10.4. The molecule has 0 fully saturated rings. The number of nitrogens with zero attached hydrogens (tertiary/aromatic N) is 3. The molecule has 1 rings (SSSR count).